The number of fused-ring (bicyclic) bond motifs is 1. The van der Waals surface area contributed by atoms with Gasteiger partial charge in [-0.3, -0.25) is 4.90 Å². The molecular weight excluding hydrogens is 240 g/mol. The fourth-order valence-electron chi connectivity index (χ4n) is 3.41. The molecule has 0 bridgehead atoms. The van der Waals surface area contributed by atoms with Gasteiger partial charge in [0.15, 0.2) is 0 Å². The smallest absolute Gasteiger partial charge is 0.128 e. The largest absolute Gasteiger partial charge is 0.497 e. The van der Waals surface area contributed by atoms with E-state index in [0.29, 0.717) is 6.04 Å². The Morgan fingerprint density at radius 3 is 2.84 bits per heavy atom. The van der Waals surface area contributed by atoms with E-state index in [1.165, 1.54) is 0 Å². The number of methoxy groups -OCH3 is 1. The minimum absolute atomic E-state index is 0.0494. The third-order valence-corrected chi connectivity index (χ3v) is 4.50. The van der Waals surface area contributed by atoms with Crippen LogP contribution in [-0.4, -0.2) is 37.2 Å². The maximum Gasteiger partial charge on any atom is 0.128 e. The van der Waals surface area contributed by atoms with Crippen molar-refractivity contribution in [3.05, 3.63) is 23.8 Å². The average Bonchev–Trinajstić information content (AvgIpc) is 2.63. The standard InChI is InChI=1S/C15H22N2O2/c1-10-7-15(9-17(10)2)8-13(16)12-5-4-11(18-3)6-14(12)19-15/h4-6,10,13H,7-9,16H2,1-3H3. The van der Waals surface area contributed by atoms with Crippen LogP contribution >= 0.6 is 0 Å². The lowest BCUT2D eigenvalue weighted by Gasteiger charge is -2.38. The van der Waals surface area contributed by atoms with E-state index in [2.05, 4.69) is 18.9 Å². The summed E-state index contributed by atoms with van der Waals surface area (Å²) in [6.45, 7) is 3.18. The number of likely N-dealkylation sites (tertiary alicyclic amines) is 1. The van der Waals surface area contributed by atoms with Gasteiger partial charge in [-0.2, -0.15) is 0 Å². The van der Waals surface area contributed by atoms with Crippen LogP contribution in [0.4, 0.5) is 0 Å². The van der Waals surface area contributed by atoms with E-state index in [0.717, 1.165) is 36.4 Å². The van der Waals surface area contributed by atoms with Crippen LogP contribution in [-0.2, 0) is 0 Å². The van der Waals surface area contributed by atoms with E-state index in [1.807, 2.05) is 18.2 Å². The first-order valence-corrected chi connectivity index (χ1v) is 6.86. The number of nitrogens with two attached hydrogens (primary N) is 1. The highest BCUT2D eigenvalue weighted by Crippen LogP contribution is 2.45. The number of hydrogen-bond acceptors (Lipinski definition) is 4. The number of nitrogens with zero attached hydrogens (tertiary/aromatic N) is 1. The van der Waals surface area contributed by atoms with Crippen LogP contribution in [0.15, 0.2) is 18.2 Å². The van der Waals surface area contributed by atoms with Crippen LogP contribution in [0, 0.1) is 0 Å². The van der Waals surface area contributed by atoms with Gasteiger partial charge >= 0.3 is 0 Å². The summed E-state index contributed by atoms with van der Waals surface area (Å²) in [5.41, 5.74) is 7.30. The quantitative estimate of drug-likeness (QED) is 0.840. The van der Waals surface area contributed by atoms with Crippen LogP contribution in [0.2, 0.25) is 0 Å². The van der Waals surface area contributed by atoms with E-state index < -0.39 is 0 Å². The SMILES string of the molecule is COc1ccc2c(c1)OC1(CC2N)CC(C)N(C)C1. The average molecular weight is 262 g/mol. The Morgan fingerprint density at radius 2 is 2.21 bits per heavy atom. The molecule has 0 aromatic heterocycles. The normalized spacial score (nSPS) is 34.1. The number of hydrogen-bond donors (Lipinski definition) is 1. The Kier molecular flexibility index (Phi) is 2.95. The lowest BCUT2D eigenvalue weighted by molar-refractivity contribution is 0.0461. The predicted molar refractivity (Wildman–Crippen MR) is 74.6 cm³/mol. The van der Waals surface area contributed by atoms with Crippen molar-refractivity contribution in [2.45, 2.75) is 37.5 Å². The highest BCUT2D eigenvalue weighted by Gasteiger charge is 2.47. The number of ether oxygens (including phenoxy) is 2. The Hall–Kier alpha value is -1.26. The molecule has 19 heavy (non-hydrogen) atoms. The summed E-state index contributed by atoms with van der Waals surface area (Å²) in [4.78, 5) is 2.35. The van der Waals surface area contributed by atoms with Crippen molar-refractivity contribution in [1.29, 1.82) is 0 Å². The monoisotopic (exact) mass is 262 g/mol. The van der Waals surface area contributed by atoms with Crippen molar-refractivity contribution < 1.29 is 9.47 Å². The molecule has 2 N–H and O–H groups in total. The van der Waals surface area contributed by atoms with Gasteiger partial charge in [-0.05, 0) is 20.0 Å². The molecule has 2 aliphatic heterocycles. The second-order valence-corrected chi connectivity index (χ2v) is 5.97. The molecule has 104 valence electrons. The van der Waals surface area contributed by atoms with Crippen LogP contribution in [0.25, 0.3) is 0 Å². The van der Waals surface area contributed by atoms with Gasteiger partial charge in [-0.25, -0.2) is 0 Å². The third-order valence-electron chi connectivity index (χ3n) is 4.50. The molecule has 3 atom stereocenters. The van der Waals surface area contributed by atoms with Crippen molar-refractivity contribution >= 4 is 0 Å². The van der Waals surface area contributed by atoms with Crippen molar-refractivity contribution in [3.63, 3.8) is 0 Å². The van der Waals surface area contributed by atoms with Gasteiger partial charge in [0.05, 0.1) is 7.11 Å². The summed E-state index contributed by atoms with van der Waals surface area (Å²) >= 11 is 0. The van der Waals surface area contributed by atoms with Gasteiger partial charge in [-0.15, -0.1) is 0 Å². The molecule has 4 nitrogen and oxygen atoms in total. The second-order valence-electron chi connectivity index (χ2n) is 5.97. The highest BCUT2D eigenvalue weighted by molar-refractivity contribution is 5.44. The molecule has 2 heterocycles. The number of benzene rings is 1. The van der Waals surface area contributed by atoms with Gasteiger partial charge in [0.25, 0.3) is 0 Å². The molecule has 4 heteroatoms. The molecule has 2 aliphatic rings. The summed E-state index contributed by atoms with van der Waals surface area (Å²) in [5, 5.41) is 0. The third kappa shape index (κ3) is 2.09. The van der Waals surface area contributed by atoms with E-state index in [-0.39, 0.29) is 11.6 Å². The molecule has 3 rings (SSSR count). The van der Waals surface area contributed by atoms with Crippen LogP contribution in [0.5, 0.6) is 11.5 Å². The zero-order valence-electron chi connectivity index (χ0n) is 11.8. The number of rotatable bonds is 1. The summed E-state index contributed by atoms with van der Waals surface area (Å²) in [6.07, 6.45) is 1.93. The molecule has 1 spiro atoms. The van der Waals surface area contributed by atoms with E-state index in [9.17, 15) is 0 Å². The van der Waals surface area contributed by atoms with E-state index in [1.54, 1.807) is 7.11 Å². The lowest BCUT2D eigenvalue weighted by Crippen LogP contribution is -2.44. The summed E-state index contributed by atoms with van der Waals surface area (Å²) < 4.78 is 11.6. The first-order valence-electron chi connectivity index (χ1n) is 6.86. The zero-order valence-corrected chi connectivity index (χ0v) is 11.8. The van der Waals surface area contributed by atoms with Crippen molar-refractivity contribution in [2.24, 2.45) is 5.73 Å². The molecule has 0 saturated carbocycles. The van der Waals surface area contributed by atoms with Gasteiger partial charge in [0.1, 0.15) is 17.1 Å². The first-order chi connectivity index (χ1) is 9.03. The maximum atomic E-state index is 6.34. The molecule has 0 amide bonds. The maximum absolute atomic E-state index is 6.34. The molecule has 1 aromatic rings. The molecule has 1 saturated heterocycles. The van der Waals surface area contributed by atoms with Crippen molar-refractivity contribution in [2.75, 3.05) is 20.7 Å². The Labute approximate surface area is 114 Å². The predicted octanol–water partition coefficient (Wildman–Crippen LogP) is 1.94. The van der Waals surface area contributed by atoms with Gasteiger partial charge in [0.2, 0.25) is 0 Å². The second kappa shape index (κ2) is 4.39. The summed E-state index contributed by atoms with van der Waals surface area (Å²) in [6, 6.07) is 6.52. The highest BCUT2D eigenvalue weighted by atomic mass is 16.5. The number of likely N-dealkylation sites (N-methyl/N-ethyl adjacent to an activating group) is 1. The zero-order chi connectivity index (χ0) is 13.6. The van der Waals surface area contributed by atoms with Gasteiger partial charge in [0, 0.05) is 43.1 Å². The van der Waals surface area contributed by atoms with Crippen LogP contribution < -0.4 is 15.2 Å². The fourth-order valence-corrected chi connectivity index (χ4v) is 3.41. The minimum Gasteiger partial charge on any atom is -0.497 e. The lowest BCUT2D eigenvalue weighted by atomic mass is 9.86. The molecule has 1 aromatic carbocycles. The summed E-state index contributed by atoms with van der Waals surface area (Å²) in [5.74, 6) is 1.71. The molecule has 1 fully saturated rings. The fraction of sp³-hybridized carbons (Fsp3) is 0.600. The van der Waals surface area contributed by atoms with Crippen LogP contribution in [0.1, 0.15) is 31.4 Å². The molecule has 3 unspecified atom stereocenters. The minimum atomic E-state index is -0.132. The van der Waals surface area contributed by atoms with E-state index >= 15 is 0 Å². The summed E-state index contributed by atoms with van der Waals surface area (Å²) in [7, 11) is 3.82. The molecule has 0 aliphatic carbocycles. The topological polar surface area (TPSA) is 47.7 Å². The molecular formula is C15H22N2O2. The Balaban J connectivity index is 1.94. The van der Waals surface area contributed by atoms with Crippen molar-refractivity contribution in [1.82, 2.24) is 4.90 Å². The first kappa shape index (κ1) is 12.8. The van der Waals surface area contributed by atoms with E-state index in [4.69, 9.17) is 15.2 Å². The Morgan fingerprint density at radius 1 is 1.42 bits per heavy atom. The van der Waals surface area contributed by atoms with Gasteiger partial charge in [-0.1, -0.05) is 6.07 Å². The van der Waals surface area contributed by atoms with Crippen molar-refractivity contribution in [3.8, 4) is 11.5 Å². The van der Waals surface area contributed by atoms with Crippen LogP contribution in [0.3, 0.4) is 0 Å². The van der Waals surface area contributed by atoms with Gasteiger partial charge < -0.3 is 15.2 Å². The Bertz CT molecular complexity index is 479. The molecule has 0 radical (unpaired) electrons.